The van der Waals surface area contributed by atoms with E-state index in [4.69, 9.17) is 10.2 Å². The molecule has 2 rings (SSSR count). The second-order valence-corrected chi connectivity index (χ2v) is 7.95. The van der Waals surface area contributed by atoms with E-state index in [1.54, 1.807) is 39.0 Å². The zero-order chi connectivity index (χ0) is 13.6. The summed E-state index contributed by atoms with van der Waals surface area (Å²) >= 11 is 0. The van der Waals surface area contributed by atoms with Crippen molar-refractivity contribution in [3.63, 3.8) is 0 Å². The van der Waals surface area contributed by atoms with Gasteiger partial charge in [-0.05, 0) is 39.0 Å². The minimum absolute atomic E-state index is 0.200. The van der Waals surface area contributed by atoms with Crippen molar-refractivity contribution in [2.75, 3.05) is 5.73 Å². The van der Waals surface area contributed by atoms with E-state index in [1.165, 1.54) is 0 Å². The standard InChI is InChI=1S/C12H16N2O3S/c1-12(2,3)18(15,16)7-11-14-9-6-8(13)4-5-10(9)17-11/h4-6H,7,13H2,1-3H3. The van der Waals surface area contributed by atoms with Crippen LogP contribution in [0.2, 0.25) is 0 Å². The second-order valence-electron chi connectivity index (χ2n) is 5.21. The first kappa shape index (κ1) is 12.9. The normalized spacial score (nSPS) is 13.1. The molecule has 0 bridgehead atoms. The number of hydrogen-bond acceptors (Lipinski definition) is 5. The molecule has 5 nitrogen and oxygen atoms in total. The van der Waals surface area contributed by atoms with Crippen molar-refractivity contribution >= 4 is 26.6 Å². The minimum atomic E-state index is -3.30. The lowest BCUT2D eigenvalue weighted by Gasteiger charge is -2.17. The van der Waals surface area contributed by atoms with Gasteiger partial charge in [-0.1, -0.05) is 0 Å². The summed E-state index contributed by atoms with van der Waals surface area (Å²) < 4.78 is 28.7. The second kappa shape index (κ2) is 3.98. The maximum absolute atomic E-state index is 12.0. The zero-order valence-corrected chi connectivity index (χ0v) is 11.4. The maximum Gasteiger partial charge on any atom is 0.210 e. The summed E-state index contributed by atoms with van der Waals surface area (Å²) in [6.07, 6.45) is 0. The van der Waals surface area contributed by atoms with Crippen molar-refractivity contribution in [3.8, 4) is 0 Å². The van der Waals surface area contributed by atoms with E-state index in [-0.39, 0.29) is 11.6 Å². The van der Waals surface area contributed by atoms with Crippen LogP contribution in [0.5, 0.6) is 0 Å². The monoisotopic (exact) mass is 268 g/mol. The topological polar surface area (TPSA) is 86.2 Å². The van der Waals surface area contributed by atoms with E-state index in [1.807, 2.05) is 0 Å². The fourth-order valence-corrected chi connectivity index (χ4v) is 2.31. The van der Waals surface area contributed by atoms with E-state index < -0.39 is 14.6 Å². The average Bonchev–Trinajstić information content (AvgIpc) is 2.56. The lowest BCUT2D eigenvalue weighted by atomic mass is 10.3. The molecule has 6 heteroatoms. The fraction of sp³-hybridized carbons (Fsp3) is 0.417. The van der Waals surface area contributed by atoms with Gasteiger partial charge in [-0.2, -0.15) is 0 Å². The van der Waals surface area contributed by atoms with Gasteiger partial charge in [-0.15, -0.1) is 0 Å². The number of nitrogen functional groups attached to an aromatic ring is 1. The highest BCUT2D eigenvalue weighted by atomic mass is 32.2. The molecule has 1 aromatic heterocycles. The molecule has 0 spiro atoms. The molecule has 1 aromatic carbocycles. The molecule has 2 aromatic rings. The molecule has 2 N–H and O–H groups in total. The predicted octanol–water partition coefficient (Wildman–Crippen LogP) is 2.12. The fourth-order valence-electron chi connectivity index (χ4n) is 1.43. The van der Waals surface area contributed by atoms with E-state index in [0.29, 0.717) is 16.8 Å². The SMILES string of the molecule is CC(C)(C)S(=O)(=O)Cc1nc2cc(N)ccc2o1. The number of anilines is 1. The Labute approximate surface area is 106 Å². The Hall–Kier alpha value is -1.56. The Balaban J connectivity index is 2.39. The van der Waals surface area contributed by atoms with Crippen molar-refractivity contribution in [3.05, 3.63) is 24.1 Å². The Kier molecular flexibility index (Phi) is 2.85. The number of aromatic nitrogens is 1. The van der Waals surface area contributed by atoms with Gasteiger partial charge in [0, 0.05) is 5.69 Å². The van der Waals surface area contributed by atoms with Gasteiger partial charge in [0.25, 0.3) is 0 Å². The first-order valence-electron chi connectivity index (χ1n) is 5.56. The zero-order valence-electron chi connectivity index (χ0n) is 10.6. The summed E-state index contributed by atoms with van der Waals surface area (Å²) in [7, 11) is -3.30. The molecule has 0 atom stereocenters. The summed E-state index contributed by atoms with van der Waals surface area (Å²) in [6.45, 7) is 4.97. The van der Waals surface area contributed by atoms with E-state index in [2.05, 4.69) is 4.98 Å². The summed E-state index contributed by atoms with van der Waals surface area (Å²) in [5, 5.41) is 0. The lowest BCUT2D eigenvalue weighted by molar-refractivity contribution is 0.525. The van der Waals surface area contributed by atoms with Crippen LogP contribution in [0.25, 0.3) is 11.1 Å². The number of oxazole rings is 1. The number of hydrogen-bond donors (Lipinski definition) is 1. The van der Waals surface area contributed by atoms with Crippen LogP contribution in [-0.4, -0.2) is 18.1 Å². The number of nitrogens with two attached hydrogens (primary N) is 1. The van der Waals surface area contributed by atoms with Crippen molar-refractivity contribution in [1.29, 1.82) is 0 Å². The van der Waals surface area contributed by atoms with Crippen LogP contribution in [0.15, 0.2) is 22.6 Å². The van der Waals surface area contributed by atoms with Crippen LogP contribution >= 0.6 is 0 Å². The highest BCUT2D eigenvalue weighted by Crippen LogP contribution is 2.23. The summed E-state index contributed by atoms with van der Waals surface area (Å²) in [5.41, 5.74) is 7.32. The lowest BCUT2D eigenvalue weighted by Crippen LogP contribution is -2.29. The van der Waals surface area contributed by atoms with Gasteiger partial charge in [-0.25, -0.2) is 13.4 Å². The van der Waals surface area contributed by atoms with Crippen molar-refractivity contribution in [2.24, 2.45) is 0 Å². The van der Waals surface area contributed by atoms with Crippen LogP contribution in [0.4, 0.5) is 5.69 Å². The van der Waals surface area contributed by atoms with Gasteiger partial charge in [0.15, 0.2) is 15.4 Å². The molecule has 18 heavy (non-hydrogen) atoms. The molecular weight excluding hydrogens is 252 g/mol. The Morgan fingerprint density at radius 3 is 2.61 bits per heavy atom. The Morgan fingerprint density at radius 2 is 2.00 bits per heavy atom. The quantitative estimate of drug-likeness (QED) is 0.843. The largest absolute Gasteiger partial charge is 0.440 e. The van der Waals surface area contributed by atoms with Crippen molar-refractivity contribution in [2.45, 2.75) is 31.3 Å². The van der Waals surface area contributed by atoms with Crippen LogP contribution in [-0.2, 0) is 15.6 Å². The number of benzene rings is 1. The van der Waals surface area contributed by atoms with Crippen molar-refractivity contribution < 1.29 is 12.8 Å². The molecule has 0 fully saturated rings. The molecule has 0 aliphatic heterocycles. The summed E-state index contributed by atoms with van der Waals surface area (Å²) in [5.74, 6) is -0.00373. The van der Waals surface area contributed by atoms with Gasteiger partial charge < -0.3 is 10.2 Å². The third-order valence-corrected chi connectivity index (χ3v) is 5.20. The van der Waals surface area contributed by atoms with Gasteiger partial charge in [0.1, 0.15) is 11.3 Å². The number of nitrogens with zero attached hydrogens (tertiary/aromatic N) is 1. The minimum Gasteiger partial charge on any atom is -0.440 e. The van der Waals surface area contributed by atoms with Crippen LogP contribution in [0.3, 0.4) is 0 Å². The van der Waals surface area contributed by atoms with Crippen molar-refractivity contribution in [1.82, 2.24) is 4.98 Å². The van der Waals surface area contributed by atoms with E-state index in [9.17, 15) is 8.42 Å². The molecule has 0 saturated carbocycles. The third-order valence-electron chi connectivity index (χ3n) is 2.70. The number of fused-ring (bicyclic) bond motifs is 1. The Bertz CT molecular complexity index is 681. The Morgan fingerprint density at radius 1 is 1.33 bits per heavy atom. The van der Waals surface area contributed by atoms with Gasteiger partial charge in [0.2, 0.25) is 5.89 Å². The highest BCUT2D eigenvalue weighted by Gasteiger charge is 2.30. The molecular formula is C12H16N2O3S. The molecule has 0 saturated heterocycles. The van der Waals surface area contributed by atoms with Gasteiger partial charge >= 0.3 is 0 Å². The number of rotatable bonds is 2. The first-order chi connectivity index (χ1) is 8.19. The summed E-state index contributed by atoms with van der Waals surface area (Å²) in [6, 6.07) is 5.03. The maximum atomic E-state index is 12.0. The molecule has 0 unspecified atom stereocenters. The molecule has 0 aliphatic carbocycles. The number of sulfone groups is 1. The smallest absolute Gasteiger partial charge is 0.210 e. The summed E-state index contributed by atoms with van der Waals surface area (Å²) in [4.78, 5) is 4.15. The highest BCUT2D eigenvalue weighted by molar-refractivity contribution is 7.91. The molecule has 1 heterocycles. The van der Waals surface area contributed by atoms with Crippen LogP contribution in [0, 0.1) is 0 Å². The van der Waals surface area contributed by atoms with E-state index >= 15 is 0 Å². The molecule has 0 aliphatic rings. The van der Waals surface area contributed by atoms with Crippen LogP contribution in [0.1, 0.15) is 26.7 Å². The van der Waals surface area contributed by atoms with Crippen LogP contribution < -0.4 is 5.73 Å². The average molecular weight is 268 g/mol. The van der Waals surface area contributed by atoms with E-state index in [0.717, 1.165) is 0 Å². The third kappa shape index (κ3) is 2.33. The molecule has 0 radical (unpaired) electrons. The first-order valence-corrected chi connectivity index (χ1v) is 7.21. The molecule has 98 valence electrons. The van der Waals surface area contributed by atoms with Gasteiger partial charge in [0.05, 0.1) is 4.75 Å². The molecule has 0 amide bonds. The van der Waals surface area contributed by atoms with Gasteiger partial charge in [-0.3, -0.25) is 0 Å². The predicted molar refractivity (Wildman–Crippen MR) is 70.8 cm³/mol.